The van der Waals surface area contributed by atoms with E-state index in [1.165, 1.54) is 5.56 Å². The summed E-state index contributed by atoms with van der Waals surface area (Å²) in [6, 6.07) is 16.6. The van der Waals surface area contributed by atoms with Crippen molar-refractivity contribution in [3.63, 3.8) is 0 Å². The lowest BCUT2D eigenvalue weighted by Gasteiger charge is -2.02. The number of hydrogen-bond acceptors (Lipinski definition) is 2. The molecule has 0 amide bonds. The summed E-state index contributed by atoms with van der Waals surface area (Å²) in [6.45, 7) is 2.08. The van der Waals surface area contributed by atoms with Crippen molar-refractivity contribution >= 4 is 11.0 Å². The van der Waals surface area contributed by atoms with Gasteiger partial charge in [-0.25, -0.2) is 4.98 Å². The van der Waals surface area contributed by atoms with Gasteiger partial charge >= 0.3 is 0 Å². The van der Waals surface area contributed by atoms with Gasteiger partial charge in [0.05, 0.1) is 23.5 Å². The number of rotatable bonds is 2. The van der Waals surface area contributed by atoms with Crippen molar-refractivity contribution in [3.8, 4) is 17.5 Å². The van der Waals surface area contributed by atoms with E-state index in [0.29, 0.717) is 6.42 Å². The number of aryl methyl sites for hydroxylation is 2. The van der Waals surface area contributed by atoms with Crippen molar-refractivity contribution in [3.05, 3.63) is 53.6 Å². The minimum Gasteiger partial charge on any atom is -0.327 e. The van der Waals surface area contributed by atoms with Gasteiger partial charge in [0.2, 0.25) is 0 Å². The summed E-state index contributed by atoms with van der Waals surface area (Å²) in [5.74, 6) is 0.953. The van der Waals surface area contributed by atoms with Crippen LogP contribution in [0.15, 0.2) is 42.5 Å². The highest BCUT2D eigenvalue weighted by atomic mass is 15.1. The maximum absolute atomic E-state index is 8.78. The molecule has 0 aliphatic rings. The van der Waals surface area contributed by atoms with Crippen LogP contribution in [0.25, 0.3) is 22.4 Å². The lowest BCUT2D eigenvalue weighted by molar-refractivity contribution is 0.959. The maximum Gasteiger partial charge on any atom is 0.140 e. The Hall–Kier alpha value is -2.60. The van der Waals surface area contributed by atoms with E-state index in [9.17, 15) is 0 Å². The Balaban J connectivity index is 2.15. The highest BCUT2D eigenvalue weighted by Crippen LogP contribution is 2.24. The van der Waals surface area contributed by atoms with Gasteiger partial charge in [-0.15, -0.1) is 0 Å². The lowest BCUT2D eigenvalue weighted by Crippen LogP contribution is -1.92. The first-order chi connectivity index (χ1) is 9.69. The van der Waals surface area contributed by atoms with Gasteiger partial charge in [-0.2, -0.15) is 5.26 Å². The summed E-state index contributed by atoms with van der Waals surface area (Å²) in [5, 5.41) is 8.78. The fourth-order valence-electron chi connectivity index (χ4n) is 2.41. The highest BCUT2D eigenvalue weighted by molar-refractivity contribution is 5.81. The number of imidazole rings is 1. The number of benzene rings is 2. The van der Waals surface area contributed by atoms with E-state index < -0.39 is 0 Å². The zero-order chi connectivity index (χ0) is 14.1. The average molecular weight is 261 g/mol. The number of aromatic nitrogens is 2. The molecule has 98 valence electrons. The van der Waals surface area contributed by atoms with Gasteiger partial charge < -0.3 is 4.57 Å². The fourth-order valence-corrected chi connectivity index (χ4v) is 2.41. The number of fused-ring (bicyclic) bond motifs is 1. The van der Waals surface area contributed by atoms with E-state index in [2.05, 4.69) is 41.8 Å². The summed E-state index contributed by atoms with van der Waals surface area (Å²) >= 11 is 0. The molecule has 3 nitrogen and oxygen atoms in total. The first-order valence-corrected chi connectivity index (χ1v) is 6.58. The predicted molar refractivity (Wildman–Crippen MR) is 80.2 cm³/mol. The summed E-state index contributed by atoms with van der Waals surface area (Å²) in [4.78, 5) is 4.71. The van der Waals surface area contributed by atoms with Gasteiger partial charge in [0.25, 0.3) is 0 Å². The van der Waals surface area contributed by atoms with Crippen molar-refractivity contribution in [1.82, 2.24) is 9.55 Å². The van der Waals surface area contributed by atoms with Crippen LogP contribution in [0.1, 0.15) is 11.1 Å². The third kappa shape index (κ3) is 2.06. The minimum absolute atomic E-state index is 0.423. The molecule has 0 aliphatic carbocycles. The molecule has 3 heteroatoms. The summed E-state index contributed by atoms with van der Waals surface area (Å²) < 4.78 is 2.09. The molecule has 0 radical (unpaired) electrons. The molecule has 1 heterocycles. The van der Waals surface area contributed by atoms with Crippen LogP contribution in [-0.2, 0) is 13.5 Å². The molecule has 0 bridgehead atoms. The second kappa shape index (κ2) is 4.82. The van der Waals surface area contributed by atoms with E-state index in [4.69, 9.17) is 10.2 Å². The molecule has 0 aliphatic heterocycles. The Labute approximate surface area is 118 Å². The molecule has 0 saturated heterocycles. The van der Waals surface area contributed by atoms with Gasteiger partial charge in [-0.1, -0.05) is 35.9 Å². The third-order valence-corrected chi connectivity index (χ3v) is 3.54. The third-order valence-electron chi connectivity index (χ3n) is 3.54. The molecule has 0 unspecified atom stereocenters. The summed E-state index contributed by atoms with van der Waals surface area (Å²) in [7, 11) is 2.02. The molecular formula is C17H15N3. The molecule has 3 rings (SSSR count). The SMILES string of the molecule is Cc1ccc(-c2nc3cc(CC#N)ccc3n2C)cc1. The van der Waals surface area contributed by atoms with E-state index >= 15 is 0 Å². The van der Waals surface area contributed by atoms with Crippen molar-refractivity contribution in [2.24, 2.45) is 7.05 Å². The van der Waals surface area contributed by atoms with Crippen LogP contribution in [0, 0.1) is 18.3 Å². The van der Waals surface area contributed by atoms with Gasteiger partial charge in [0.1, 0.15) is 5.82 Å². The van der Waals surface area contributed by atoms with Crippen LogP contribution >= 0.6 is 0 Å². The van der Waals surface area contributed by atoms with Gasteiger partial charge in [-0.05, 0) is 24.6 Å². The molecule has 2 aromatic carbocycles. The molecule has 0 saturated carbocycles. The Morgan fingerprint density at radius 2 is 1.90 bits per heavy atom. The van der Waals surface area contributed by atoms with Crippen LogP contribution in [0.4, 0.5) is 0 Å². The van der Waals surface area contributed by atoms with Crippen LogP contribution in [0.2, 0.25) is 0 Å². The molecule has 0 spiro atoms. The van der Waals surface area contributed by atoms with Crippen LogP contribution in [-0.4, -0.2) is 9.55 Å². The largest absolute Gasteiger partial charge is 0.327 e. The fraction of sp³-hybridized carbons (Fsp3) is 0.176. The number of hydrogen-bond donors (Lipinski definition) is 0. The molecule has 1 aromatic heterocycles. The first-order valence-electron chi connectivity index (χ1n) is 6.58. The van der Waals surface area contributed by atoms with E-state index in [0.717, 1.165) is 28.0 Å². The monoisotopic (exact) mass is 261 g/mol. The Bertz CT molecular complexity index is 805. The second-order valence-electron chi connectivity index (χ2n) is 5.02. The summed E-state index contributed by atoms with van der Waals surface area (Å²) in [6.07, 6.45) is 0.423. The topological polar surface area (TPSA) is 41.6 Å². The molecule has 0 fully saturated rings. The number of nitrogens with zero attached hydrogens (tertiary/aromatic N) is 3. The zero-order valence-corrected chi connectivity index (χ0v) is 11.6. The van der Waals surface area contributed by atoms with Gasteiger partial charge in [-0.3, -0.25) is 0 Å². The van der Waals surface area contributed by atoms with E-state index in [1.54, 1.807) is 0 Å². The molecule has 20 heavy (non-hydrogen) atoms. The first kappa shape index (κ1) is 12.4. The average Bonchev–Trinajstić information content (AvgIpc) is 2.77. The van der Waals surface area contributed by atoms with Crippen molar-refractivity contribution < 1.29 is 0 Å². The zero-order valence-electron chi connectivity index (χ0n) is 11.6. The van der Waals surface area contributed by atoms with Crippen LogP contribution in [0.3, 0.4) is 0 Å². The number of nitriles is 1. The Morgan fingerprint density at radius 3 is 2.60 bits per heavy atom. The van der Waals surface area contributed by atoms with Crippen molar-refractivity contribution in [2.75, 3.05) is 0 Å². The highest BCUT2D eigenvalue weighted by Gasteiger charge is 2.10. The molecule has 0 atom stereocenters. The molecule has 3 aromatic rings. The van der Waals surface area contributed by atoms with Gasteiger partial charge in [0.15, 0.2) is 0 Å². The quantitative estimate of drug-likeness (QED) is 0.707. The normalized spacial score (nSPS) is 10.7. The Kier molecular flexibility index (Phi) is 3.00. The maximum atomic E-state index is 8.78. The molecular weight excluding hydrogens is 246 g/mol. The second-order valence-corrected chi connectivity index (χ2v) is 5.02. The van der Waals surface area contributed by atoms with E-state index in [1.807, 2.05) is 25.2 Å². The van der Waals surface area contributed by atoms with Crippen LogP contribution in [0.5, 0.6) is 0 Å². The molecule has 0 N–H and O–H groups in total. The Morgan fingerprint density at radius 1 is 1.15 bits per heavy atom. The van der Waals surface area contributed by atoms with Gasteiger partial charge in [0, 0.05) is 12.6 Å². The van der Waals surface area contributed by atoms with Crippen molar-refractivity contribution in [2.45, 2.75) is 13.3 Å². The minimum atomic E-state index is 0.423. The predicted octanol–water partition coefficient (Wildman–Crippen LogP) is 3.61. The standard InChI is InChI=1S/C17H15N3/c1-12-3-6-14(7-4-12)17-19-15-11-13(9-10-18)5-8-16(15)20(17)2/h3-8,11H,9H2,1-2H3. The van der Waals surface area contributed by atoms with E-state index in [-0.39, 0.29) is 0 Å². The van der Waals surface area contributed by atoms with Crippen molar-refractivity contribution in [1.29, 1.82) is 5.26 Å². The summed E-state index contributed by atoms with van der Waals surface area (Å²) in [5.41, 5.74) is 5.38. The lowest BCUT2D eigenvalue weighted by atomic mass is 10.1. The van der Waals surface area contributed by atoms with Crippen LogP contribution < -0.4 is 0 Å². The smallest absolute Gasteiger partial charge is 0.140 e.